The Balaban J connectivity index is 1.17. The molecule has 3 heterocycles. The fourth-order valence-corrected chi connectivity index (χ4v) is 5.92. The van der Waals surface area contributed by atoms with E-state index in [4.69, 9.17) is 9.47 Å². The van der Waals surface area contributed by atoms with Crippen molar-refractivity contribution in [3.05, 3.63) is 54.1 Å². The first-order valence-corrected chi connectivity index (χ1v) is 12.6. The molecule has 0 unspecified atom stereocenters. The number of amides is 2. The smallest absolute Gasteiger partial charge is 0.267 e. The third-order valence-corrected chi connectivity index (χ3v) is 8.03. The molecule has 0 N–H and O–H groups in total. The molecule has 1 atom stereocenters. The van der Waals surface area contributed by atoms with Gasteiger partial charge in [-0.25, -0.2) is 8.42 Å². The molecule has 5 rings (SSSR count). The molecule has 0 saturated carbocycles. The number of hydrogen-bond donors (Lipinski definition) is 0. The molecule has 2 saturated heterocycles. The zero-order valence-corrected chi connectivity index (χ0v) is 18.9. The Hall–Kier alpha value is -3.27. The molecule has 2 aromatic carbocycles. The molecule has 0 radical (unpaired) electrons. The summed E-state index contributed by atoms with van der Waals surface area (Å²) in [5.41, 5.74) is 1.08. The minimum atomic E-state index is -3.25. The molecule has 10 heteroatoms. The fourth-order valence-electron chi connectivity index (χ4n) is 4.36. The number of fused-ring (bicyclic) bond motifs is 1. The lowest BCUT2D eigenvalue weighted by molar-refractivity contribution is -0.142. The molecule has 3 aliphatic heterocycles. The molecule has 9 nitrogen and oxygen atoms in total. The van der Waals surface area contributed by atoms with E-state index in [2.05, 4.69) is 0 Å². The number of para-hydroxylation sites is 2. The standard InChI is InChI=1S/C23H25N3O6S/c27-22(17-6-8-18(9-7-17)26-10-3-15-33(26,29)30)24-11-13-25(14-12-24)23(28)21-16-31-19-4-1-2-5-20(19)32-21/h1-2,4-9,21H,3,10-16H2/t21-/m1/s1. The average Bonchev–Trinajstić information content (AvgIpc) is 3.22. The third-order valence-electron chi connectivity index (χ3n) is 6.16. The number of rotatable bonds is 3. The molecule has 0 bridgehead atoms. The monoisotopic (exact) mass is 471 g/mol. The molecule has 0 aliphatic carbocycles. The molecule has 3 aliphatic rings. The zero-order chi connectivity index (χ0) is 23.0. The van der Waals surface area contributed by atoms with E-state index < -0.39 is 16.1 Å². The van der Waals surface area contributed by atoms with Crippen LogP contribution >= 0.6 is 0 Å². The highest BCUT2D eigenvalue weighted by Crippen LogP contribution is 2.31. The molecule has 2 fully saturated rings. The number of benzene rings is 2. The summed E-state index contributed by atoms with van der Waals surface area (Å²) in [4.78, 5) is 29.2. The highest BCUT2D eigenvalue weighted by Gasteiger charge is 2.34. The van der Waals surface area contributed by atoms with Crippen LogP contribution in [0.1, 0.15) is 16.8 Å². The van der Waals surface area contributed by atoms with E-state index in [1.54, 1.807) is 46.2 Å². The summed E-state index contributed by atoms with van der Waals surface area (Å²) >= 11 is 0. The van der Waals surface area contributed by atoms with Crippen LogP contribution in [-0.2, 0) is 14.8 Å². The van der Waals surface area contributed by atoms with E-state index >= 15 is 0 Å². The number of anilines is 1. The Morgan fingerprint density at radius 2 is 1.52 bits per heavy atom. The van der Waals surface area contributed by atoms with Gasteiger partial charge in [0, 0.05) is 38.3 Å². The van der Waals surface area contributed by atoms with Gasteiger partial charge in [-0.15, -0.1) is 0 Å². The van der Waals surface area contributed by atoms with E-state index in [1.807, 2.05) is 12.1 Å². The largest absolute Gasteiger partial charge is 0.485 e. The van der Waals surface area contributed by atoms with Gasteiger partial charge in [0.2, 0.25) is 16.1 Å². The van der Waals surface area contributed by atoms with Gasteiger partial charge in [0.25, 0.3) is 11.8 Å². The molecule has 174 valence electrons. The summed E-state index contributed by atoms with van der Waals surface area (Å²) in [5, 5.41) is 0. The molecule has 33 heavy (non-hydrogen) atoms. The maximum absolute atomic E-state index is 12.9. The van der Waals surface area contributed by atoms with Gasteiger partial charge in [-0.1, -0.05) is 12.1 Å². The molecule has 0 aromatic heterocycles. The van der Waals surface area contributed by atoms with Crippen LogP contribution in [0.3, 0.4) is 0 Å². The lowest BCUT2D eigenvalue weighted by atomic mass is 10.1. The Bertz CT molecular complexity index is 1160. The average molecular weight is 472 g/mol. The quantitative estimate of drug-likeness (QED) is 0.671. The fraction of sp³-hybridized carbons (Fsp3) is 0.391. The predicted octanol–water partition coefficient (Wildman–Crippen LogP) is 1.35. The van der Waals surface area contributed by atoms with Crippen LogP contribution < -0.4 is 13.8 Å². The van der Waals surface area contributed by atoms with Crippen molar-refractivity contribution < 1.29 is 27.5 Å². The van der Waals surface area contributed by atoms with E-state index in [0.717, 1.165) is 0 Å². The van der Waals surface area contributed by atoms with Crippen molar-refractivity contribution in [2.24, 2.45) is 0 Å². The van der Waals surface area contributed by atoms with Crippen LogP contribution in [0.15, 0.2) is 48.5 Å². The van der Waals surface area contributed by atoms with Gasteiger partial charge in [0.15, 0.2) is 11.5 Å². The normalized spacial score (nSPS) is 21.7. The third kappa shape index (κ3) is 4.22. The van der Waals surface area contributed by atoms with E-state index in [9.17, 15) is 18.0 Å². The topological polar surface area (TPSA) is 96.5 Å². The maximum Gasteiger partial charge on any atom is 0.267 e. The van der Waals surface area contributed by atoms with Gasteiger partial charge in [-0.3, -0.25) is 13.9 Å². The number of carbonyl (C=O) groups excluding carboxylic acids is 2. The van der Waals surface area contributed by atoms with Crippen LogP contribution in [0, 0.1) is 0 Å². The predicted molar refractivity (Wildman–Crippen MR) is 121 cm³/mol. The Morgan fingerprint density at radius 3 is 2.18 bits per heavy atom. The minimum absolute atomic E-state index is 0.135. The highest BCUT2D eigenvalue weighted by atomic mass is 32.2. The molecule has 2 aromatic rings. The highest BCUT2D eigenvalue weighted by molar-refractivity contribution is 7.93. The summed E-state index contributed by atoms with van der Waals surface area (Å²) in [6.07, 6.45) is -0.0899. The zero-order valence-electron chi connectivity index (χ0n) is 18.1. The second-order valence-corrected chi connectivity index (χ2v) is 10.3. The number of hydrogen-bond acceptors (Lipinski definition) is 6. The number of sulfonamides is 1. The van der Waals surface area contributed by atoms with Crippen LogP contribution in [0.25, 0.3) is 0 Å². The second-order valence-electron chi connectivity index (χ2n) is 8.27. The van der Waals surface area contributed by atoms with Crippen LogP contribution in [0.4, 0.5) is 5.69 Å². The lowest BCUT2D eigenvalue weighted by Gasteiger charge is -2.37. The Kier molecular flexibility index (Phi) is 5.61. The molecular weight excluding hydrogens is 446 g/mol. The minimum Gasteiger partial charge on any atom is -0.485 e. The van der Waals surface area contributed by atoms with Gasteiger partial charge in [0.05, 0.1) is 11.4 Å². The van der Waals surface area contributed by atoms with E-state index in [0.29, 0.717) is 61.9 Å². The first-order chi connectivity index (χ1) is 15.9. The van der Waals surface area contributed by atoms with Gasteiger partial charge >= 0.3 is 0 Å². The number of ether oxygens (including phenoxy) is 2. The van der Waals surface area contributed by atoms with Gasteiger partial charge in [-0.05, 0) is 42.8 Å². The first kappa shape index (κ1) is 21.6. The van der Waals surface area contributed by atoms with Crippen molar-refractivity contribution in [1.82, 2.24) is 9.80 Å². The van der Waals surface area contributed by atoms with E-state index in [1.165, 1.54) is 4.31 Å². The van der Waals surface area contributed by atoms with Crippen molar-refractivity contribution >= 4 is 27.5 Å². The maximum atomic E-state index is 12.9. The lowest BCUT2D eigenvalue weighted by Crippen LogP contribution is -2.55. The van der Waals surface area contributed by atoms with Gasteiger partial charge < -0.3 is 19.3 Å². The van der Waals surface area contributed by atoms with Gasteiger partial charge in [0.1, 0.15) is 6.61 Å². The van der Waals surface area contributed by atoms with Crippen LogP contribution in [-0.4, -0.2) is 81.2 Å². The SMILES string of the molecule is O=C(c1ccc(N2CCCS2(=O)=O)cc1)N1CCN(C(=O)[C@H]2COc3ccccc3O2)CC1. The first-order valence-electron chi connectivity index (χ1n) is 11.0. The number of carbonyl (C=O) groups is 2. The number of nitrogens with zero attached hydrogens (tertiary/aromatic N) is 3. The molecule has 2 amide bonds. The molecule has 0 spiro atoms. The van der Waals surface area contributed by atoms with Crippen LogP contribution in [0.5, 0.6) is 11.5 Å². The Morgan fingerprint density at radius 1 is 0.848 bits per heavy atom. The van der Waals surface area contributed by atoms with Crippen LogP contribution in [0.2, 0.25) is 0 Å². The number of piperazine rings is 1. The summed E-state index contributed by atoms with van der Waals surface area (Å²) in [6, 6.07) is 13.9. The van der Waals surface area contributed by atoms with Crippen molar-refractivity contribution in [3.8, 4) is 11.5 Å². The van der Waals surface area contributed by atoms with Crippen molar-refractivity contribution in [2.75, 3.05) is 49.4 Å². The van der Waals surface area contributed by atoms with Gasteiger partial charge in [-0.2, -0.15) is 0 Å². The summed E-state index contributed by atoms with van der Waals surface area (Å²) < 4.78 is 37.0. The Labute approximate surface area is 192 Å². The van der Waals surface area contributed by atoms with Crippen molar-refractivity contribution in [2.45, 2.75) is 12.5 Å². The summed E-state index contributed by atoms with van der Waals surface area (Å²) in [5.74, 6) is 1.06. The van der Waals surface area contributed by atoms with Crippen molar-refractivity contribution in [3.63, 3.8) is 0 Å². The van der Waals surface area contributed by atoms with Crippen molar-refractivity contribution in [1.29, 1.82) is 0 Å². The molecular formula is C23H25N3O6S. The van der Waals surface area contributed by atoms with E-state index in [-0.39, 0.29) is 24.2 Å². The summed E-state index contributed by atoms with van der Waals surface area (Å²) in [6.45, 7) is 2.28. The second kappa shape index (κ2) is 8.58. The summed E-state index contributed by atoms with van der Waals surface area (Å²) in [7, 11) is -3.25.